The van der Waals surface area contributed by atoms with E-state index in [2.05, 4.69) is 5.10 Å². The van der Waals surface area contributed by atoms with E-state index in [1.54, 1.807) is 0 Å². The number of aromatic nitrogens is 2. The van der Waals surface area contributed by atoms with Crippen molar-refractivity contribution in [1.82, 2.24) is 9.78 Å². The second-order valence-electron chi connectivity index (χ2n) is 4.83. The van der Waals surface area contributed by atoms with E-state index in [1.807, 2.05) is 32.0 Å². The second-order valence-corrected chi connectivity index (χ2v) is 4.83. The number of ether oxygens (including phenoxy) is 1. The van der Waals surface area contributed by atoms with Gasteiger partial charge in [0.15, 0.2) is 0 Å². The molecule has 1 N–H and O–H groups in total. The summed E-state index contributed by atoms with van der Waals surface area (Å²) in [6.07, 6.45) is -0.786. The van der Waals surface area contributed by atoms with Crippen LogP contribution in [-0.2, 0) is 6.54 Å². The summed E-state index contributed by atoms with van der Waals surface area (Å²) < 4.78 is 6.19. The van der Waals surface area contributed by atoms with Gasteiger partial charge >= 0.3 is 0 Å². The van der Waals surface area contributed by atoms with Crippen LogP contribution in [0.3, 0.4) is 0 Å². The van der Waals surface area contributed by atoms with Crippen LogP contribution >= 0.6 is 0 Å². The van der Waals surface area contributed by atoms with Gasteiger partial charge in [-0.05, 0) is 19.4 Å². The van der Waals surface area contributed by atoms with Crippen molar-refractivity contribution in [1.29, 1.82) is 0 Å². The first-order chi connectivity index (χ1) is 9.49. The third-order valence-corrected chi connectivity index (χ3v) is 3.03. The zero-order chi connectivity index (χ0) is 14.7. The van der Waals surface area contributed by atoms with E-state index < -0.39 is 6.10 Å². The van der Waals surface area contributed by atoms with Gasteiger partial charge in [0, 0.05) is 12.1 Å². The summed E-state index contributed by atoms with van der Waals surface area (Å²) in [5, 5.41) is 14.3. The molecular weight excluding hydrogens is 256 g/mol. The molecule has 0 spiro atoms. The van der Waals surface area contributed by atoms with Gasteiger partial charge in [0.25, 0.3) is 5.56 Å². The van der Waals surface area contributed by atoms with Crippen molar-refractivity contribution < 1.29 is 9.84 Å². The Labute approximate surface area is 117 Å². The van der Waals surface area contributed by atoms with Crippen molar-refractivity contribution >= 4 is 0 Å². The molecule has 1 aromatic carbocycles. The lowest BCUT2D eigenvalue weighted by molar-refractivity contribution is 0.148. The molecule has 5 heteroatoms. The summed E-state index contributed by atoms with van der Waals surface area (Å²) in [7, 11) is 1.48. The first kappa shape index (κ1) is 14.3. The Bertz CT molecular complexity index is 644. The maximum Gasteiger partial charge on any atom is 0.267 e. The molecule has 106 valence electrons. The first-order valence-corrected chi connectivity index (χ1v) is 6.38. The molecule has 0 aliphatic rings. The molecule has 2 aromatic rings. The maximum atomic E-state index is 11.7. The van der Waals surface area contributed by atoms with Crippen LogP contribution in [0.5, 0.6) is 5.88 Å². The number of hydrogen-bond acceptors (Lipinski definition) is 4. The van der Waals surface area contributed by atoms with Crippen LogP contribution in [-0.4, -0.2) is 22.0 Å². The zero-order valence-electron chi connectivity index (χ0n) is 11.8. The number of aliphatic hydroxyl groups excluding tert-OH is 1. The summed E-state index contributed by atoms with van der Waals surface area (Å²) >= 11 is 0. The molecule has 0 radical (unpaired) electrons. The molecule has 1 heterocycles. The normalized spacial score (nSPS) is 12.2. The summed E-state index contributed by atoms with van der Waals surface area (Å²) in [6.45, 7) is 4.04. The quantitative estimate of drug-likeness (QED) is 0.919. The average Bonchev–Trinajstić information content (AvgIpc) is 2.40. The van der Waals surface area contributed by atoms with Crippen molar-refractivity contribution in [3.8, 4) is 5.88 Å². The molecule has 0 aliphatic heterocycles. The molecule has 0 aliphatic carbocycles. The smallest absolute Gasteiger partial charge is 0.267 e. The Balaban J connectivity index is 2.27. The highest BCUT2D eigenvalue weighted by Crippen LogP contribution is 2.18. The Morgan fingerprint density at radius 1 is 1.25 bits per heavy atom. The van der Waals surface area contributed by atoms with Gasteiger partial charge in [-0.3, -0.25) is 4.79 Å². The molecule has 0 amide bonds. The lowest BCUT2D eigenvalue weighted by atomic mass is 10.0. The van der Waals surface area contributed by atoms with Gasteiger partial charge < -0.3 is 9.84 Å². The monoisotopic (exact) mass is 274 g/mol. The number of hydrogen-bond donors (Lipinski definition) is 1. The number of nitrogens with zero attached hydrogens (tertiary/aromatic N) is 2. The van der Waals surface area contributed by atoms with Crippen molar-refractivity contribution in [3.63, 3.8) is 0 Å². The van der Waals surface area contributed by atoms with Crippen molar-refractivity contribution in [3.05, 3.63) is 57.4 Å². The van der Waals surface area contributed by atoms with E-state index in [9.17, 15) is 9.90 Å². The molecular formula is C15H18N2O3. The number of benzene rings is 1. The van der Waals surface area contributed by atoms with Gasteiger partial charge in [-0.15, -0.1) is 5.10 Å². The maximum absolute atomic E-state index is 11.7. The van der Waals surface area contributed by atoms with E-state index in [0.717, 1.165) is 16.7 Å². The van der Waals surface area contributed by atoms with E-state index in [1.165, 1.54) is 23.9 Å². The molecule has 0 saturated heterocycles. The molecule has 5 nitrogen and oxygen atoms in total. The third-order valence-electron chi connectivity index (χ3n) is 3.03. The number of aliphatic hydroxyl groups is 1. The molecule has 1 aromatic heterocycles. The van der Waals surface area contributed by atoms with Crippen LogP contribution in [0.25, 0.3) is 0 Å². The van der Waals surface area contributed by atoms with Gasteiger partial charge in [-0.1, -0.05) is 29.3 Å². The average molecular weight is 274 g/mol. The van der Waals surface area contributed by atoms with Gasteiger partial charge in [-0.25, -0.2) is 4.68 Å². The molecule has 2 rings (SSSR count). The lowest BCUT2D eigenvalue weighted by Crippen LogP contribution is -2.25. The van der Waals surface area contributed by atoms with E-state index in [0.29, 0.717) is 5.88 Å². The van der Waals surface area contributed by atoms with Crippen LogP contribution in [0, 0.1) is 13.8 Å². The molecule has 0 saturated carbocycles. The fourth-order valence-electron chi connectivity index (χ4n) is 2.14. The highest BCUT2D eigenvalue weighted by Gasteiger charge is 2.11. The van der Waals surface area contributed by atoms with E-state index >= 15 is 0 Å². The van der Waals surface area contributed by atoms with Crippen LogP contribution < -0.4 is 10.3 Å². The summed E-state index contributed by atoms with van der Waals surface area (Å²) in [5.74, 6) is 0.345. The lowest BCUT2D eigenvalue weighted by Gasteiger charge is -2.14. The first-order valence-electron chi connectivity index (χ1n) is 6.38. The largest absolute Gasteiger partial charge is 0.480 e. The fraction of sp³-hybridized carbons (Fsp3) is 0.333. The van der Waals surface area contributed by atoms with Crippen molar-refractivity contribution in [2.45, 2.75) is 26.5 Å². The summed E-state index contributed by atoms with van der Waals surface area (Å²) in [4.78, 5) is 11.7. The van der Waals surface area contributed by atoms with Gasteiger partial charge in [0.05, 0.1) is 19.8 Å². The second kappa shape index (κ2) is 5.88. The predicted molar refractivity (Wildman–Crippen MR) is 75.9 cm³/mol. The standard InChI is InChI=1S/C15H18N2O3/c1-10-6-11(2)8-12(7-10)13(18)9-17-15(19)5-4-14(16-17)20-3/h4-8,13,18H,9H2,1-3H3. The summed E-state index contributed by atoms with van der Waals surface area (Å²) in [5.41, 5.74) is 2.66. The van der Waals surface area contributed by atoms with Crippen molar-refractivity contribution in [2.24, 2.45) is 0 Å². The van der Waals surface area contributed by atoms with Crippen molar-refractivity contribution in [2.75, 3.05) is 7.11 Å². The van der Waals surface area contributed by atoms with Gasteiger partial charge in [0.1, 0.15) is 0 Å². The van der Waals surface area contributed by atoms with E-state index in [-0.39, 0.29) is 12.1 Å². The Kier molecular flexibility index (Phi) is 4.20. The molecule has 1 atom stereocenters. The van der Waals surface area contributed by atoms with E-state index in [4.69, 9.17) is 4.74 Å². The molecule has 0 bridgehead atoms. The minimum atomic E-state index is -0.786. The minimum Gasteiger partial charge on any atom is -0.480 e. The predicted octanol–water partition coefficient (Wildman–Crippen LogP) is 1.60. The summed E-state index contributed by atoms with van der Waals surface area (Å²) in [6, 6.07) is 8.72. The molecule has 0 fully saturated rings. The van der Waals surface area contributed by atoms with Crippen LogP contribution in [0.2, 0.25) is 0 Å². The topological polar surface area (TPSA) is 64.3 Å². The highest BCUT2D eigenvalue weighted by atomic mass is 16.5. The number of aryl methyl sites for hydroxylation is 2. The van der Waals surface area contributed by atoms with Gasteiger partial charge in [-0.2, -0.15) is 0 Å². The molecule has 20 heavy (non-hydrogen) atoms. The van der Waals surface area contributed by atoms with Gasteiger partial charge in [0.2, 0.25) is 5.88 Å². The number of methoxy groups -OCH3 is 1. The molecule has 1 unspecified atom stereocenters. The Hall–Kier alpha value is -2.14. The highest BCUT2D eigenvalue weighted by molar-refractivity contribution is 5.29. The van der Waals surface area contributed by atoms with Crippen LogP contribution in [0.1, 0.15) is 22.8 Å². The Morgan fingerprint density at radius 2 is 1.90 bits per heavy atom. The van der Waals surface area contributed by atoms with Crippen LogP contribution in [0.4, 0.5) is 0 Å². The zero-order valence-corrected chi connectivity index (χ0v) is 11.8. The third kappa shape index (κ3) is 3.24. The van der Waals surface area contributed by atoms with Crippen LogP contribution in [0.15, 0.2) is 35.1 Å². The number of rotatable bonds is 4. The fourth-order valence-corrected chi connectivity index (χ4v) is 2.14. The Morgan fingerprint density at radius 3 is 2.50 bits per heavy atom. The minimum absolute atomic E-state index is 0.0962. The SMILES string of the molecule is COc1ccc(=O)n(CC(O)c2cc(C)cc(C)c2)n1.